The lowest BCUT2D eigenvalue weighted by atomic mass is 10.2. The van der Waals surface area contributed by atoms with Gasteiger partial charge in [-0.2, -0.15) is 0 Å². The zero-order valence-corrected chi connectivity index (χ0v) is 17.7. The van der Waals surface area contributed by atoms with Crippen LogP contribution in [-0.4, -0.2) is 31.9 Å². The smallest absolute Gasteiger partial charge is 0.338 e. The van der Waals surface area contributed by atoms with Crippen molar-refractivity contribution in [2.24, 2.45) is 0 Å². The summed E-state index contributed by atoms with van der Waals surface area (Å²) in [6.45, 7) is -0.455. The second kappa shape index (κ2) is 10.2. The van der Waals surface area contributed by atoms with Gasteiger partial charge in [0.05, 0.1) is 15.5 Å². The molecule has 0 fully saturated rings. The van der Waals surface area contributed by atoms with E-state index in [1.54, 1.807) is 30.3 Å². The van der Waals surface area contributed by atoms with Crippen LogP contribution < -0.4 is 10.0 Å². The summed E-state index contributed by atoms with van der Waals surface area (Å²) in [5.74, 6) is -1.18. The van der Waals surface area contributed by atoms with Crippen molar-refractivity contribution < 1.29 is 22.7 Å². The SMILES string of the molecule is O=C(COC(=O)c1cccc(S(=O)(=O)NCc2ccccc2)c1)Nc1ccc(Cl)cn1. The van der Waals surface area contributed by atoms with Gasteiger partial charge in [-0.3, -0.25) is 4.79 Å². The number of hydrogen-bond donors (Lipinski definition) is 2. The summed E-state index contributed by atoms with van der Waals surface area (Å²) in [6, 6.07) is 17.5. The molecule has 0 saturated heterocycles. The molecule has 160 valence electrons. The lowest BCUT2D eigenvalue weighted by Crippen LogP contribution is -2.24. The molecular formula is C21H18ClN3O5S. The van der Waals surface area contributed by atoms with Gasteiger partial charge in [-0.25, -0.2) is 22.9 Å². The predicted octanol–water partition coefficient (Wildman–Crippen LogP) is 3.01. The number of halogens is 1. The standard InChI is InChI=1S/C21H18ClN3O5S/c22-17-9-10-19(23-13-17)25-20(26)14-30-21(27)16-7-4-8-18(11-16)31(28,29)24-12-15-5-2-1-3-6-15/h1-11,13,24H,12,14H2,(H,23,25,26). The maximum Gasteiger partial charge on any atom is 0.338 e. The van der Waals surface area contributed by atoms with Crippen LogP contribution in [0.4, 0.5) is 5.82 Å². The first-order valence-corrected chi connectivity index (χ1v) is 10.9. The Labute approximate surface area is 184 Å². The largest absolute Gasteiger partial charge is 0.452 e. The van der Waals surface area contributed by atoms with Crippen LogP contribution >= 0.6 is 11.6 Å². The van der Waals surface area contributed by atoms with Crippen molar-refractivity contribution in [3.05, 3.63) is 89.1 Å². The molecular weight excluding hydrogens is 442 g/mol. The fourth-order valence-corrected chi connectivity index (χ4v) is 3.67. The van der Waals surface area contributed by atoms with Crippen LogP contribution in [0.15, 0.2) is 77.8 Å². The summed E-state index contributed by atoms with van der Waals surface area (Å²) in [6.07, 6.45) is 1.36. The summed E-state index contributed by atoms with van der Waals surface area (Å²) in [4.78, 5) is 28.0. The summed E-state index contributed by atoms with van der Waals surface area (Å²) < 4.78 is 32.5. The molecule has 0 aliphatic rings. The van der Waals surface area contributed by atoms with Gasteiger partial charge in [-0.05, 0) is 35.9 Å². The first-order chi connectivity index (χ1) is 14.8. The molecule has 0 unspecified atom stereocenters. The fraction of sp³-hybridized carbons (Fsp3) is 0.0952. The Bertz CT molecular complexity index is 1170. The lowest BCUT2D eigenvalue weighted by molar-refractivity contribution is -0.119. The van der Waals surface area contributed by atoms with E-state index >= 15 is 0 Å². The third kappa shape index (κ3) is 6.61. The number of rotatable bonds is 8. The molecule has 0 aliphatic carbocycles. The first-order valence-electron chi connectivity index (χ1n) is 9.06. The van der Waals surface area contributed by atoms with E-state index in [0.717, 1.165) is 5.56 Å². The van der Waals surface area contributed by atoms with E-state index in [1.165, 1.54) is 36.5 Å². The number of nitrogens with zero attached hydrogens (tertiary/aromatic N) is 1. The topological polar surface area (TPSA) is 114 Å². The highest BCUT2D eigenvalue weighted by Gasteiger charge is 2.17. The molecule has 3 rings (SSSR count). The average molecular weight is 460 g/mol. The van der Waals surface area contributed by atoms with Crippen molar-refractivity contribution in [1.29, 1.82) is 0 Å². The van der Waals surface area contributed by atoms with Gasteiger partial charge < -0.3 is 10.1 Å². The minimum atomic E-state index is -3.85. The van der Waals surface area contributed by atoms with Gasteiger partial charge >= 0.3 is 5.97 Å². The first kappa shape index (κ1) is 22.4. The number of sulfonamides is 1. The van der Waals surface area contributed by atoms with E-state index in [1.807, 2.05) is 6.07 Å². The number of anilines is 1. The molecule has 1 aromatic heterocycles. The third-order valence-electron chi connectivity index (χ3n) is 4.02. The molecule has 0 aliphatic heterocycles. The Morgan fingerprint density at radius 1 is 1.00 bits per heavy atom. The highest BCUT2D eigenvalue weighted by Crippen LogP contribution is 2.14. The van der Waals surface area contributed by atoms with Crippen LogP contribution in [0.2, 0.25) is 5.02 Å². The Morgan fingerprint density at radius 2 is 1.77 bits per heavy atom. The maximum absolute atomic E-state index is 12.5. The van der Waals surface area contributed by atoms with Crippen LogP contribution in [0.1, 0.15) is 15.9 Å². The van der Waals surface area contributed by atoms with Gasteiger partial charge in [-0.1, -0.05) is 48.0 Å². The Hall–Kier alpha value is -3.27. The van der Waals surface area contributed by atoms with E-state index in [2.05, 4.69) is 15.0 Å². The highest BCUT2D eigenvalue weighted by molar-refractivity contribution is 7.89. The summed E-state index contributed by atoms with van der Waals surface area (Å²) in [5.41, 5.74) is 0.794. The summed E-state index contributed by atoms with van der Waals surface area (Å²) in [7, 11) is -3.85. The number of pyridine rings is 1. The van der Waals surface area contributed by atoms with Crippen LogP contribution in [-0.2, 0) is 26.1 Å². The molecule has 0 atom stereocenters. The normalized spacial score (nSPS) is 11.0. The van der Waals surface area contributed by atoms with E-state index in [4.69, 9.17) is 16.3 Å². The number of nitrogens with one attached hydrogen (secondary N) is 2. The van der Waals surface area contributed by atoms with Crippen LogP contribution in [0.25, 0.3) is 0 Å². The molecule has 1 amide bonds. The number of esters is 1. The predicted molar refractivity (Wildman–Crippen MR) is 115 cm³/mol. The second-order valence-corrected chi connectivity index (χ2v) is 8.53. The lowest BCUT2D eigenvalue weighted by Gasteiger charge is -2.09. The van der Waals surface area contributed by atoms with E-state index in [9.17, 15) is 18.0 Å². The molecule has 0 bridgehead atoms. The van der Waals surface area contributed by atoms with Gasteiger partial charge in [0.1, 0.15) is 5.82 Å². The second-order valence-electron chi connectivity index (χ2n) is 6.32. The number of carbonyl (C=O) groups is 2. The van der Waals surface area contributed by atoms with Crippen molar-refractivity contribution in [1.82, 2.24) is 9.71 Å². The molecule has 2 aromatic carbocycles. The highest BCUT2D eigenvalue weighted by atomic mass is 35.5. The quantitative estimate of drug-likeness (QED) is 0.500. The Kier molecular flexibility index (Phi) is 7.35. The van der Waals surface area contributed by atoms with E-state index in [-0.39, 0.29) is 22.8 Å². The van der Waals surface area contributed by atoms with Crippen LogP contribution in [0, 0.1) is 0 Å². The fourth-order valence-electron chi connectivity index (χ4n) is 2.49. The maximum atomic E-state index is 12.5. The van der Waals surface area contributed by atoms with Gasteiger partial charge in [0.25, 0.3) is 5.91 Å². The average Bonchev–Trinajstić information content (AvgIpc) is 2.78. The molecule has 10 heteroatoms. The monoisotopic (exact) mass is 459 g/mol. The molecule has 0 spiro atoms. The number of amides is 1. The van der Waals surface area contributed by atoms with Crippen molar-refractivity contribution >= 4 is 39.3 Å². The van der Waals surface area contributed by atoms with Gasteiger partial charge in [0.15, 0.2) is 6.61 Å². The molecule has 2 N–H and O–H groups in total. The molecule has 1 heterocycles. The van der Waals surface area contributed by atoms with E-state index < -0.39 is 28.5 Å². The van der Waals surface area contributed by atoms with Crippen molar-refractivity contribution in [2.75, 3.05) is 11.9 Å². The van der Waals surface area contributed by atoms with Crippen molar-refractivity contribution in [2.45, 2.75) is 11.4 Å². The van der Waals surface area contributed by atoms with Crippen molar-refractivity contribution in [3.63, 3.8) is 0 Å². The number of carbonyl (C=O) groups excluding carboxylic acids is 2. The minimum absolute atomic E-state index is 0.00000374. The number of hydrogen-bond acceptors (Lipinski definition) is 6. The number of ether oxygens (including phenoxy) is 1. The van der Waals surface area contributed by atoms with Crippen LogP contribution in [0.3, 0.4) is 0 Å². The molecule has 0 saturated carbocycles. The van der Waals surface area contributed by atoms with Gasteiger partial charge in [0, 0.05) is 12.7 Å². The van der Waals surface area contributed by atoms with Gasteiger partial charge in [-0.15, -0.1) is 0 Å². The molecule has 31 heavy (non-hydrogen) atoms. The Morgan fingerprint density at radius 3 is 2.48 bits per heavy atom. The van der Waals surface area contributed by atoms with Crippen LogP contribution in [0.5, 0.6) is 0 Å². The summed E-state index contributed by atoms with van der Waals surface area (Å²) in [5, 5.41) is 2.87. The van der Waals surface area contributed by atoms with Gasteiger partial charge in [0.2, 0.25) is 10.0 Å². The third-order valence-corrected chi connectivity index (χ3v) is 5.64. The number of aromatic nitrogens is 1. The summed E-state index contributed by atoms with van der Waals surface area (Å²) >= 11 is 5.72. The zero-order valence-electron chi connectivity index (χ0n) is 16.1. The molecule has 3 aromatic rings. The van der Waals surface area contributed by atoms with E-state index in [0.29, 0.717) is 5.02 Å². The molecule has 8 nitrogen and oxygen atoms in total. The number of benzene rings is 2. The Balaban J connectivity index is 1.58. The zero-order chi connectivity index (χ0) is 22.3. The minimum Gasteiger partial charge on any atom is -0.452 e. The van der Waals surface area contributed by atoms with Crippen molar-refractivity contribution in [3.8, 4) is 0 Å². The molecule has 0 radical (unpaired) electrons.